The molecule has 0 fully saturated rings. The predicted molar refractivity (Wildman–Crippen MR) is 205 cm³/mol. The summed E-state index contributed by atoms with van der Waals surface area (Å²) in [5.74, 6) is 0.129. The molecule has 4 N–H and O–H groups in total. The van der Waals surface area contributed by atoms with Gasteiger partial charge in [0, 0.05) is 36.9 Å². The Morgan fingerprint density at radius 2 is 1.53 bits per heavy atom. The van der Waals surface area contributed by atoms with Gasteiger partial charge in [0.15, 0.2) is 14.1 Å². The normalized spacial score (nSPS) is 12.9. The van der Waals surface area contributed by atoms with E-state index in [1.165, 1.54) is 16.5 Å². The second kappa shape index (κ2) is 18.6. The summed E-state index contributed by atoms with van der Waals surface area (Å²) in [4.78, 5) is 41.8. The third kappa shape index (κ3) is 13.6. The number of aromatic nitrogens is 1. The first-order chi connectivity index (χ1) is 23.9. The molecule has 0 spiro atoms. The number of aryl methyl sites for hydroxylation is 1. The summed E-state index contributed by atoms with van der Waals surface area (Å²) in [5.41, 5.74) is 7.67. The lowest BCUT2D eigenvalue weighted by molar-refractivity contribution is 0.0208. The molecule has 3 rings (SSSR count). The van der Waals surface area contributed by atoms with E-state index < -0.39 is 32.3 Å². The van der Waals surface area contributed by atoms with Crippen LogP contribution in [0.3, 0.4) is 0 Å². The van der Waals surface area contributed by atoms with Gasteiger partial charge in [0.25, 0.3) is 0 Å². The lowest BCUT2D eigenvalue weighted by Crippen LogP contribution is -2.45. The van der Waals surface area contributed by atoms with Gasteiger partial charge >= 0.3 is 12.2 Å². The summed E-state index contributed by atoms with van der Waals surface area (Å²) in [6.45, 7) is 17.7. The Morgan fingerprint density at radius 3 is 2.16 bits per heavy atom. The van der Waals surface area contributed by atoms with Gasteiger partial charge in [0.1, 0.15) is 5.60 Å². The van der Waals surface area contributed by atoms with Crippen LogP contribution < -0.4 is 16.0 Å². The Kier molecular flexibility index (Phi) is 15.1. The van der Waals surface area contributed by atoms with Crippen molar-refractivity contribution in [1.29, 1.82) is 0 Å². The lowest BCUT2D eigenvalue weighted by Gasteiger charge is -2.40. The smallest absolute Gasteiger partial charge is 0.465 e. The number of anilines is 1. The van der Waals surface area contributed by atoms with Crippen LogP contribution in [0.15, 0.2) is 53.3 Å². The molecule has 1 atom stereocenters. The van der Waals surface area contributed by atoms with Crippen molar-refractivity contribution >= 4 is 37.2 Å². The zero-order valence-electron chi connectivity index (χ0n) is 31.8. The Labute approximate surface area is 303 Å². The average Bonchev–Trinajstić information content (AvgIpc) is 3.02. The van der Waals surface area contributed by atoms with Crippen LogP contribution in [0.25, 0.3) is 10.9 Å². The standard InChI is InChI=1S/C39H59N3O8Si/c1-38(2,3)49-37(46)48-32-22-20-30(31-21-23-34(43)41-35(31)32)33(50-51(7,8)39(4,5)6)27-42(36(44)45)24-12-9-10-13-25-47-26-14-11-15-28-16-18-29(40)19-17-28/h16-23,33H,9-15,24-27,40H2,1-8H3,(H,41,43)(H,44,45). The van der Waals surface area contributed by atoms with Crippen LogP contribution in [0.4, 0.5) is 15.3 Å². The highest BCUT2D eigenvalue weighted by molar-refractivity contribution is 6.74. The Morgan fingerprint density at radius 1 is 0.882 bits per heavy atom. The van der Waals surface area contributed by atoms with Crippen LogP contribution in [0.2, 0.25) is 18.1 Å². The summed E-state index contributed by atoms with van der Waals surface area (Å²) >= 11 is 0. The second-order valence-electron chi connectivity index (χ2n) is 15.7. The number of benzene rings is 2. The highest BCUT2D eigenvalue weighted by Crippen LogP contribution is 2.41. The summed E-state index contributed by atoms with van der Waals surface area (Å²) < 4.78 is 23.6. The number of pyridine rings is 1. The molecule has 0 saturated heterocycles. The van der Waals surface area contributed by atoms with Gasteiger partial charge in [-0.25, -0.2) is 9.59 Å². The number of nitrogen functional groups attached to an aromatic ring is 1. The number of nitrogens with zero attached hydrogens (tertiary/aromatic N) is 1. The summed E-state index contributed by atoms with van der Waals surface area (Å²) in [5, 5.41) is 10.7. The number of nitrogens with two attached hydrogens (primary N) is 1. The first kappa shape index (κ1) is 41.5. The predicted octanol–water partition coefficient (Wildman–Crippen LogP) is 9.07. The van der Waals surface area contributed by atoms with Crippen molar-refractivity contribution < 1.29 is 33.3 Å². The van der Waals surface area contributed by atoms with Gasteiger partial charge in [-0.3, -0.25) is 4.79 Å². The zero-order valence-corrected chi connectivity index (χ0v) is 32.8. The summed E-state index contributed by atoms with van der Waals surface area (Å²) in [6.07, 6.45) is 3.95. The van der Waals surface area contributed by atoms with Crippen LogP contribution in [-0.2, 0) is 20.3 Å². The minimum absolute atomic E-state index is 0.0990. The molecule has 1 heterocycles. The van der Waals surface area contributed by atoms with Gasteiger partial charge in [-0.05, 0) is 106 Å². The average molecular weight is 726 g/mol. The maximum atomic E-state index is 12.6. The molecule has 0 aliphatic heterocycles. The van der Waals surface area contributed by atoms with Crippen molar-refractivity contribution in [3.05, 3.63) is 70.0 Å². The number of carbonyl (C=O) groups is 2. The van der Waals surface area contributed by atoms with E-state index in [0.29, 0.717) is 36.0 Å². The highest BCUT2D eigenvalue weighted by Gasteiger charge is 2.40. The number of aromatic amines is 1. The van der Waals surface area contributed by atoms with E-state index in [-0.39, 0.29) is 22.9 Å². The minimum atomic E-state index is -2.42. The molecule has 0 saturated carbocycles. The molecule has 12 heteroatoms. The lowest BCUT2D eigenvalue weighted by atomic mass is 10.0. The summed E-state index contributed by atoms with van der Waals surface area (Å²) in [7, 11) is -2.42. The van der Waals surface area contributed by atoms with E-state index in [9.17, 15) is 19.5 Å². The van der Waals surface area contributed by atoms with Crippen molar-refractivity contribution in [1.82, 2.24) is 9.88 Å². The number of carboxylic acid groups (broad SMARTS) is 1. The first-order valence-corrected chi connectivity index (χ1v) is 20.9. The third-order valence-corrected chi connectivity index (χ3v) is 13.7. The van der Waals surface area contributed by atoms with Crippen LogP contribution in [0.1, 0.15) is 97.3 Å². The van der Waals surface area contributed by atoms with E-state index >= 15 is 0 Å². The van der Waals surface area contributed by atoms with Gasteiger partial charge in [-0.2, -0.15) is 0 Å². The van der Waals surface area contributed by atoms with Crippen molar-refractivity contribution in [3.63, 3.8) is 0 Å². The number of H-pyrrole nitrogens is 1. The molecule has 1 aromatic heterocycles. The third-order valence-electron chi connectivity index (χ3n) is 9.17. The van der Waals surface area contributed by atoms with Crippen LogP contribution in [-0.4, -0.2) is 67.5 Å². The van der Waals surface area contributed by atoms with E-state index in [1.54, 1.807) is 39.0 Å². The van der Waals surface area contributed by atoms with Gasteiger partial charge < -0.3 is 39.4 Å². The molecular weight excluding hydrogens is 667 g/mol. The minimum Gasteiger partial charge on any atom is -0.465 e. The number of hydrogen-bond acceptors (Lipinski definition) is 8. The Balaban J connectivity index is 1.65. The Bertz CT molecular complexity index is 1630. The summed E-state index contributed by atoms with van der Waals surface area (Å²) in [6, 6.07) is 14.4. The molecule has 0 radical (unpaired) electrons. The largest absolute Gasteiger partial charge is 0.514 e. The molecular formula is C39H59N3O8Si. The molecule has 0 aliphatic carbocycles. The van der Waals surface area contributed by atoms with Crippen LogP contribution >= 0.6 is 0 Å². The zero-order chi connectivity index (χ0) is 37.8. The maximum Gasteiger partial charge on any atom is 0.514 e. The van der Waals surface area contributed by atoms with E-state index in [2.05, 4.69) is 51.0 Å². The highest BCUT2D eigenvalue weighted by atomic mass is 28.4. The van der Waals surface area contributed by atoms with Crippen molar-refractivity contribution in [2.45, 2.75) is 116 Å². The molecule has 3 aromatic rings. The van der Waals surface area contributed by atoms with Crippen LogP contribution in [0, 0.1) is 0 Å². The maximum absolute atomic E-state index is 12.6. The molecule has 51 heavy (non-hydrogen) atoms. The second-order valence-corrected chi connectivity index (χ2v) is 20.4. The fourth-order valence-electron chi connectivity index (χ4n) is 5.35. The van der Waals surface area contributed by atoms with Gasteiger partial charge in [0.05, 0.1) is 18.2 Å². The molecule has 1 unspecified atom stereocenters. The monoisotopic (exact) mass is 725 g/mol. The quantitative estimate of drug-likeness (QED) is 0.0383. The van der Waals surface area contributed by atoms with E-state index in [4.69, 9.17) is 24.4 Å². The molecule has 2 aromatic carbocycles. The number of carbonyl (C=O) groups excluding carboxylic acids is 1. The number of unbranched alkanes of at least 4 members (excludes halogenated alkanes) is 4. The molecule has 1 amide bonds. The van der Waals surface area contributed by atoms with Gasteiger partial charge in [0.2, 0.25) is 5.56 Å². The molecule has 0 aliphatic rings. The van der Waals surface area contributed by atoms with Gasteiger partial charge in [-0.15, -0.1) is 0 Å². The molecule has 11 nitrogen and oxygen atoms in total. The SMILES string of the molecule is CC(C)(C)OC(=O)Oc1ccc(C(CN(CCCCCCOCCCCc2ccc(N)cc2)C(=O)O)O[Si](C)(C)C(C)(C)C)c2ccc(=O)[nH]c12. The van der Waals surface area contributed by atoms with Crippen molar-refractivity contribution in [3.8, 4) is 5.75 Å². The van der Waals surface area contributed by atoms with Crippen molar-refractivity contribution in [2.24, 2.45) is 0 Å². The Hall–Kier alpha value is -3.87. The topological polar surface area (TPSA) is 153 Å². The molecule has 0 bridgehead atoms. The number of amides is 1. The number of ether oxygens (including phenoxy) is 3. The number of hydrogen-bond donors (Lipinski definition) is 3. The fraction of sp³-hybridized carbons (Fsp3) is 0.564. The van der Waals surface area contributed by atoms with E-state index in [0.717, 1.165) is 50.8 Å². The molecule has 282 valence electrons. The van der Waals surface area contributed by atoms with Gasteiger partial charge in [-0.1, -0.05) is 51.8 Å². The number of fused-ring (bicyclic) bond motifs is 1. The number of nitrogens with one attached hydrogen (secondary N) is 1. The van der Waals surface area contributed by atoms with Crippen molar-refractivity contribution in [2.75, 3.05) is 32.0 Å². The fourth-order valence-corrected chi connectivity index (χ4v) is 6.62. The van der Waals surface area contributed by atoms with Crippen LogP contribution in [0.5, 0.6) is 5.75 Å². The first-order valence-electron chi connectivity index (χ1n) is 18.0. The number of rotatable bonds is 18. The van der Waals surface area contributed by atoms with E-state index in [1.807, 2.05) is 12.1 Å².